The maximum Gasteiger partial charge on any atom is 0.255 e. The number of hydrogen-bond acceptors (Lipinski definition) is 5. The average molecular weight is 366 g/mol. The second-order valence-electron chi connectivity index (χ2n) is 5.87. The quantitative estimate of drug-likeness (QED) is 0.547. The van der Waals surface area contributed by atoms with Crippen LogP contribution >= 0.6 is 11.6 Å². The fraction of sp³-hybridized carbons (Fsp3) is 0.500. The van der Waals surface area contributed by atoms with Crippen LogP contribution in [0.15, 0.2) is 12.1 Å². The summed E-state index contributed by atoms with van der Waals surface area (Å²) >= 11 is 6.10. The zero-order valence-corrected chi connectivity index (χ0v) is 15.4. The maximum atomic E-state index is 12.8. The molecule has 136 valence electrons. The van der Waals surface area contributed by atoms with Gasteiger partial charge in [0.05, 0.1) is 28.4 Å². The van der Waals surface area contributed by atoms with Crippen LogP contribution in [0.1, 0.15) is 30.6 Å². The molecule has 1 fully saturated rings. The van der Waals surface area contributed by atoms with Crippen LogP contribution < -0.4 is 21.1 Å². The van der Waals surface area contributed by atoms with Crippen molar-refractivity contribution in [2.24, 2.45) is 0 Å². The summed E-state index contributed by atoms with van der Waals surface area (Å²) in [6.07, 6.45) is 0.319. The number of rotatable bonds is 5. The lowest BCUT2D eigenvalue weighted by molar-refractivity contribution is 0.0475. The van der Waals surface area contributed by atoms with E-state index in [2.05, 4.69) is 22.5 Å². The maximum absolute atomic E-state index is 12.8. The molecule has 1 heterocycles. The van der Waals surface area contributed by atoms with Crippen molar-refractivity contribution in [1.29, 1.82) is 0 Å². The number of carbonyl (C=O) groups is 1. The van der Waals surface area contributed by atoms with Gasteiger partial charge in [0.1, 0.15) is 5.75 Å². The molecule has 0 aromatic heterocycles. The number of nitrogens with two attached hydrogens (primary N) is 1. The zero-order valence-electron chi connectivity index (χ0n) is 14.7. The number of hydrogen-bond donors (Lipinski definition) is 3. The third-order valence-corrected chi connectivity index (χ3v) is 4.37. The molecule has 7 heteroatoms. The van der Waals surface area contributed by atoms with Gasteiger partial charge in [0.15, 0.2) is 6.10 Å². The van der Waals surface area contributed by atoms with Crippen LogP contribution in [0.4, 0.5) is 5.69 Å². The van der Waals surface area contributed by atoms with E-state index in [-0.39, 0.29) is 24.2 Å². The van der Waals surface area contributed by atoms with Crippen molar-refractivity contribution < 1.29 is 14.3 Å². The minimum Gasteiger partial charge on any atom is -0.477 e. The predicted molar refractivity (Wildman–Crippen MR) is 98.9 cm³/mol. The van der Waals surface area contributed by atoms with Gasteiger partial charge in [-0.25, -0.2) is 0 Å². The van der Waals surface area contributed by atoms with Gasteiger partial charge in [0, 0.05) is 19.7 Å². The van der Waals surface area contributed by atoms with Crippen LogP contribution in [-0.2, 0) is 4.74 Å². The summed E-state index contributed by atoms with van der Waals surface area (Å²) in [5, 5.41) is 6.56. The molecular weight excluding hydrogens is 342 g/mol. The fourth-order valence-corrected chi connectivity index (χ4v) is 2.92. The third kappa shape index (κ3) is 5.02. The summed E-state index contributed by atoms with van der Waals surface area (Å²) in [6.45, 7) is 5.04. The standard InChI is InChI=1S/C18H24ClN3O3/c1-4-5-11(2)25-16-9-14(20)13(19)8-12(16)18(23)22-15-6-7-21-10-17(15)24-3/h8-9,11,15,17,21H,6-7,10,20H2,1-3H3,(H,22,23)/t11-,15-,17+/m0/s1. The number of ether oxygens (including phenoxy) is 2. The molecule has 4 N–H and O–H groups in total. The Balaban J connectivity index is 2.24. The summed E-state index contributed by atoms with van der Waals surface area (Å²) in [5.41, 5.74) is 6.54. The van der Waals surface area contributed by atoms with Crippen molar-refractivity contribution in [3.63, 3.8) is 0 Å². The Hall–Kier alpha value is -1.94. The Morgan fingerprint density at radius 2 is 2.28 bits per heavy atom. The Kier molecular flexibility index (Phi) is 6.94. The van der Waals surface area contributed by atoms with Crippen LogP contribution in [0.5, 0.6) is 5.75 Å². The van der Waals surface area contributed by atoms with Crippen LogP contribution in [0.3, 0.4) is 0 Å². The molecule has 0 bridgehead atoms. The van der Waals surface area contributed by atoms with E-state index >= 15 is 0 Å². The van der Waals surface area contributed by atoms with Gasteiger partial charge in [-0.05, 0) is 32.9 Å². The molecule has 0 unspecified atom stereocenters. The fourth-order valence-electron chi connectivity index (χ4n) is 2.76. The van der Waals surface area contributed by atoms with Crippen molar-refractivity contribution in [3.8, 4) is 17.6 Å². The van der Waals surface area contributed by atoms with Crippen LogP contribution in [0.25, 0.3) is 0 Å². The molecule has 0 aliphatic carbocycles. The van der Waals surface area contributed by atoms with E-state index < -0.39 is 0 Å². The molecule has 0 saturated carbocycles. The first-order chi connectivity index (χ1) is 12.0. The van der Waals surface area contributed by atoms with E-state index in [1.807, 2.05) is 0 Å². The normalized spacial score (nSPS) is 21.0. The van der Waals surface area contributed by atoms with E-state index in [4.69, 9.17) is 26.8 Å². The topological polar surface area (TPSA) is 85.6 Å². The Morgan fingerprint density at radius 1 is 1.52 bits per heavy atom. The predicted octanol–water partition coefficient (Wildman–Crippen LogP) is 1.82. The summed E-state index contributed by atoms with van der Waals surface area (Å²) < 4.78 is 11.2. The first-order valence-corrected chi connectivity index (χ1v) is 8.56. The zero-order chi connectivity index (χ0) is 18.4. The smallest absolute Gasteiger partial charge is 0.255 e. The largest absolute Gasteiger partial charge is 0.477 e. The summed E-state index contributed by atoms with van der Waals surface area (Å²) in [5.74, 6) is 5.75. The number of methoxy groups -OCH3 is 1. The van der Waals surface area contributed by atoms with E-state index in [9.17, 15) is 4.79 Å². The SMILES string of the molecule is CC#C[C@H](C)Oc1cc(N)c(Cl)cc1C(=O)N[C@H]1CCNC[C@H]1OC. The van der Waals surface area contributed by atoms with Gasteiger partial charge < -0.3 is 25.8 Å². The number of anilines is 1. The molecule has 25 heavy (non-hydrogen) atoms. The Bertz CT molecular complexity index is 684. The molecule has 0 radical (unpaired) electrons. The van der Waals surface area contributed by atoms with E-state index in [0.717, 1.165) is 13.0 Å². The second-order valence-corrected chi connectivity index (χ2v) is 6.28. The molecule has 2 rings (SSSR count). The molecule has 1 aliphatic rings. The highest BCUT2D eigenvalue weighted by Crippen LogP contribution is 2.30. The second kappa shape index (κ2) is 8.95. The van der Waals surface area contributed by atoms with Crippen LogP contribution in [-0.4, -0.2) is 44.4 Å². The molecule has 3 atom stereocenters. The lowest BCUT2D eigenvalue weighted by Gasteiger charge is -2.31. The molecule has 1 aromatic rings. The van der Waals surface area contributed by atoms with Crippen LogP contribution in [0.2, 0.25) is 5.02 Å². The molecule has 1 aromatic carbocycles. The highest BCUT2D eigenvalue weighted by atomic mass is 35.5. The first kappa shape index (κ1) is 19.4. The number of carbonyl (C=O) groups excluding carboxylic acids is 1. The van der Waals surface area contributed by atoms with Gasteiger partial charge >= 0.3 is 0 Å². The van der Waals surface area contributed by atoms with Gasteiger partial charge in [-0.3, -0.25) is 4.79 Å². The minimum absolute atomic E-state index is 0.0868. The van der Waals surface area contributed by atoms with E-state index in [1.165, 1.54) is 6.07 Å². The van der Waals surface area contributed by atoms with Crippen molar-refractivity contribution >= 4 is 23.2 Å². The van der Waals surface area contributed by atoms with Gasteiger partial charge in [-0.15, -0.1) is 5.92 Å². The third-order valence-electron chi connectivity index (χ3n) is 4.04. The molecule has 1 aliphatic heterocycles. The number of amides is 1. The van der Waals surface area contributed by atoms with Crippen molar-refractivity contribution in [2.45, 2.75) is 38.5 Å². The van der Waals surface area contributed by atoms with Gasteiger partial charge in [0.2, 0.25) is 0 Å². The molecule has 1 amide bonds. The van der Waals surface area contributed by atoms with E-state index in [1.54, 1.807) is 27.0 Å². The van der Waals surface area contributed by atoms with Crippen LogP contribution in [0, 0.1) is 11.8 Å². The average Bonchev–Trinajstić information content (AvgIpc) is 2.58. The molecule has 6 nitrogen and oxygen atoms in total. The highest BCUT2D eigenvalue weighted by Gasteiger charge is 2.28. The molecule has 0 spiro atoms. The number of nitrogens with one attached hydrogen (secondary N) is 2. The van der Waals surface area contributed by atoms with Crippen molar-refractivity contribution in [1.82, 2.24) is 10.6 Å². The van der Waals surface area contributed by atoms with Crippen molar-refractivity contribution in [3.05, 3.63) is 22.7 Å². The monoisotopic (exact) mass is 365 g/mol. The van der Waals surface area contributed by atoms with Crippen molar-refractivity contribution in [2.75, 3.05) is 25.9 Å². The summed E-state index contributed by atoms with van der Waals surface area (Å²) in [6, 6.07) is 2.99. The van der Waals surface area contributed by atoms with E-state index in [0.29, 0.717) is 28.6 Å². The van der Waals surface area contributed by atoms with Gasteiger partial charge in [-0.1, -0.05) is 17.5 Å². The number of nitrogen functional groups attached to an aromatic ring is 1. The minimum atomic E-state index is -0.372. The Morgan fingerprint density at radius 3 is 2.96 bits per heavy atom. The first-order valence-electron chi connectivity index (χ1n) is 8.18. The lowest BCUT2D eigenvalue weighted by atomic mass is 10.0. The highest BCUT2D eigenvalue weighted by molar-refractivity contribution is 6.33. The molecule has 1 saturated heterocycles. The number of piperidine rings is 1. The summed E-state index contributed by atoms with van der Waals surface area (Å²) in [7, 11) is 1.64. The van der Waals surface area contributed by atoms with Gasteiger partial charge in [-0.2, -0.15) is 0 Å². The number of benzene rings is 1. The summed E-state index contributed by atoms with van der Waals surface area (Å²) in [4.78, 5) is 12.8. The lowest BCUT2D eigenvalue weighted by Crippen LogP contribution is -2.53. The van der Waals surface area contributed by atoms with Gasteiger partial charge in [0.25, 0.3) is 5.91 Å². The number of halogens is 1. The molecular formula is C18H24ClN3O3. The Labute approximate surface area is 153 Å².